The molecule has 3 heteroatoms. The topological polar surface area (TPSA) is 50.1 Å². The first-order valence-electron chi connectivity index (χ1n) is 9.41. The van der Waals surface area contributed by atoms with Gasteiger partial charge in [-0.05, 0) is 54.1 Å². The zero-order valence-corrected chi connectivity index (χ0v) is 14.7. The summed E-state index contributed by atoms with van der Waals surface area (Å²) in [7, 11) is 0. The number of carbonyl (C=O) groups is 1. The van der Waals surface area contributed by atoms with Crippen LogP contribution in [0.25, 0.3) is 0 Å². The molecule has 2 spiro atoms. The van der Waals surface area contributed by atoms with E-state index in [1.54, 1.807) is 0 Å². The second-order valence-corrected chi connectivity index (χ2v) is 8.10. The van der Waals surface area contributed by atoms with Crippen molar-refractivity contribution < 1.29 is 9.53 Å². The van der Waals surface area contributed by atoms with Crippen LogP contribution in [0.1, 0.15) is 48.5 Å². The Morgan fingerprint density at radius 3 is 2.31 bits per heavy atom. The molecule has 0 bridgehead atoms. The third-order valence-corrected chi connectivity index (χ3v) is 6.68. The molecule has 3 fully saturated rings. The largest absolute Gasteiger partial charge is 0.442 e. The maximum atomic E-state index is 12.7. The summed E-state index contributed by atoms with van der Waals surface area (Å²) < 4.78 is 5.67. The van der Waals surface area contributed by atoms with Crippen LogP contribution < -0.4 is 0 Å². The van der Waals surface area contributed by atoms with E-state index < -0.39 is 6.10 Å². The normalized spacial score (nSPS) is 21.8. The highest BCUT2D eigenvalue weighted by Gasteiger charge is 2.89. The second-order valence-electron chi connectivity index (χ2n) is 8.10. The second kappa shape index (κ2) is 5.45. The summed E-state index contributed by atoms with van der Waals surface area (Å²) in [6.45, 7) is 0. The lowest BCUT2D eigenvalue weighted by molar-refractivity contribution is -0.149. The van der Waals surface area contributed by atoms with E-state index in [0.717, 1.165) is 43.2 Å². The maximum absolute atomic E-state index is 12.7. The number of hydrogen-bond donors (Lipinski definition) is 0. The number of benzene rings is 2. The fourth-order valence-electron chi connectivity index (χ4n) is 5.08. The van der Waals surface area contributed by atoms with Gasteiger partial charge in [0.1, 0.15) is 6.07 Å². The van der Waals surface area contributed by atoms with Crippen LogP contribution in [0, 0.1) is 28.1 Å². The molecule has 1 unspecified atom stereocenters. The Balaban J connectivity index is 1.31. The molecule has 3 nitrogen and oxygen atoms in total. The molecule has 5 rings (SSSR count). The lowest BCUT2D eigenvalue weighted by Gasteiger charge is -2.13. The van der Waals surface area contributed by atoms with Gasteiger partial charge in [0, 0.05) is 5.56 Å². The third-order valence-electron chi connectivity index (χ3n) is 6.68. The molecule has 0 N–H and O–H groups in total. The predicted molar refractivity (Wildman–Crippen MR) is 97.0 cm³/mol. The summed E-state index contributed by atoms with van der Waals surface area (Å²) in [6, 6.07) is 20.3. The Hall–Kier alpha value is -2.60. The van der Waals surface area contributed by atoms with Crippen molar-refractivity contribution in [3.05, 3.63) is 71.3 Å². The summed E-state index contributed by atoms with van der Waals surface area (Å²) in [5.41, 5.74) is 3.64. The van der Waals surface area contributed by atoms with Crippen molar-refractivity contribution in [2.24, 2.45) is 16.7 Å². The van der Waals surface area contributed by atoms with Crippen molar-refractivity contribution in [1.82, 2.24) is 0 Å². The van der Waals surface area contributed by atoms with E-state index in [-0.39, 0.29) is 22.7 Å². The Labute approximate surface area is 153 Å². The summed E-state index contributed by atoms with van der Waals surface area (Å²) >= 11 is 0. The van der Waals surface area contributed by atoms with Gasteiger partial charge in [0.2, 0.25) is 6.10 Å². The lowest BCUT2D eigenvalue weighted by Crippen LogP contribution is -2.14. The number of rotatable bonds is 5. The molecule has 130 valence electrons. The van der Waals surface area contributed by atoms with E-state index in [9.17, 15) is 10.1 Å². The molecule has 26 heavy (non-hydrogen) atoms. The smallest absolute Gasteiger partial charge is 0.311 e. The average molecular weight is 343 g/mol. The molecule has 2 aromatic rings. The van der Waals surface area contributed by atoms with Crippen molar-refractivity contribution in [3.8, 4) is 6.07 Å². The molecule has 3 aliphatic rings. The molecule has 2 aromatic carbocycles. The van der Waals surface area contributed by atoms with Crippen LogP contribution in [0.2, 0.25) is 0 Å². The molecular weight excluding hydrogens is 322 g/mol. The SMILES string of the molecule is N#CC(OC(=O)C1C2(CC2)C12CC2)c1cccc(Cc2ccccc2)c1. The molecule has 0 aliphatic heterocycles. The summed E-state index contributed by atoms with van der Waals surface area (Å²) in [6.07, 6.45) is 4.64. The lowest BCUT2D eigenvalue weighted by atomic mass is 10.0. The zero-order valence-electron chi connectivity index (χ0n) is 14.7. The summed E-state index contributed by atoms with van der Waals surface area (Å²) in [5, 5.41) is 9.58. The highest BCUT2D eigenvalue weighted by atomic mass is 16.5. The van der Waals surface area contributed by atoms with E-state index >= 15 is 0 Å². The molecular formula is C23H21NO2. The monoisotopic (exact) mass is 343 g/mol. The number of carbonyl (C=O) groups excluding carboxylic acids is 1. The third kappa shape index (κ3) is 2.29. The van der Waals surface area contributed by atoms with E-state index in [1.807, 2.05) is 42.5 Å². The molecule has 1 atom stereocenters. The van der Waals surface area contributed by atoms with E-state index in [1.165, 1.54) is 5.56 Å². The molecule has 0 aromatic heterocycles. The van der Waals surface area contributed by atoms with E-state index in [0.29, 0.717) is 0 Å². The van der Waals surface area contributed by atoms with Crippen molar-refractivity contribution in [3.63, 3.8) is 0 Å². The van der Waals surface area contributed by atoms with Crippen LogP contribution in [0.3, 0.4) is 0 Å². The highest BCUT2D eigenvalue weighted by molar-refractivity contribution is 5.82. The van der Waals surface area contributed by atoms with Gasteiger partial charge in [0.25, 0.3) is 0 Å². The van der Waals surface area contributed by atoms with Crippen LogP contribution in [-0.4, -0.2) is 5.97 Å². The molecule has 3 aliphatic carbocycles. The highest BCUT2D eigenvalue weighted by Crippen LogP contribution is 2.92. The predicted octanol–water partition coefficient (Wildman–Crippen LogP) is 4.58. The van der Waals surface area contributed by atoms with Crippen LogP contribution in [0.15, 0.2) is 54.6 Å². The Morgan fingerprint density at radius 1 is 1.04 bits per heavy atom. The van der Waals surface area contributed by atoms with Crippen LogP contribution in [0.4, 0.5) is 0 Å². The first kappa shape index (κ1) is 15.6. The number of hydrogen-bond acceptors (Lipinski definition) is 3. The Morgan fingerprint density at radius 2 is 1.69 bits per heavy atom. The fourth-order valence-corrected chi connectivity index (χ4v) is 5.08. The minimum absolute atomic E-state index is 0.0540. The van der Waals surface area contributed by atoms with Gasteiger partial charge in [-0.25, -0.2) is 0 Å². The minimum Gasteiger partial charge on any atom is -0.442 e. The van der Waals surface area contributed by atoms with Crippen molar-refractivity contribution in [1.29, 1.82) is 5.26 Å². The zero-order chi connectivity index (χ0) is 17.8. The van der Waals surface area contributed by atoms with Gasteiger partial charge in [0.15, 0.2) is 0 Å². The fraction of sp³-hybridized carbons (Fsp3) is 0.391. The maximum Gasteiger partial charge on any atom is 0.311 e. The van der Waals surface area contributed by atoms with Gasteiger partial charge >= 0.3 is 5.97 Å². The van der Waals surface area contributed by atoms with Gasteiger partial charge in [-0.2, -0.15) is 5.26 Å². The Bertz CT molecular complexity index is 885. The van der Waals surface area contributed by atoms with Gasteiger partial charge in [-0.3, -0.25) is 4.79 Å². The van der Waals surface area contributed by atoms with Crippen LogP contribution in [-0.2, 0) is 16.0 Å². The molecule has 0 saturated heterocycles. The van der Waals surface area contributed by atoms with Crippen LogP contribution in [0.5, 0.6) is 0 Å². The van der Waals surface area contributed by atoms with E-state index in [2.05, 4.69) is 18.2 Å². The van der Waals surface area contributed by atoms with E-state index in [4.69, 9.17) is 4.74 Å². The number of esters is 1. The summed E-state index contributed by atoms with van der Waals surface area (Å²) in [5.74, 6) is -0.0987. The van der Waals surface area contributed by atoms with Crippen LogP contribution >= 0.6 is 0 Å². The van der Waals surface area contributed by atoms with Gasteiger partial charge in [-0.15, -0.1) is 0 Å². The van der Waals surface area contributed by atoms with Gasteiger partial charge in [0.05, 0.1) is 5.92 Å². The molecule has 3 saturated carbocycles. The first-order chi connectivity index (χ1) is 12.7. The molecule has 0 heterocycles. The number of ether oxygens (including phenoxy) is 1. The molecule has 0 amide bonds. The molecule has 0 radical (unpaired) electrons. The number of nitriles is 1. The average Bonchev–Trinajstić information content (AvgIpc) is 3.58. The summed E-state index contributed by atoms with van der Waals surface area (Å²) in [4.78, 5) is 12.7. The standard InChI is InChI=1S/C23H21NO2/c24-15-19(26-21(25)20-22(9-10-22)23(20)11-12-23)18-8-4-7-17(14-18)13-16-5-2-1-3-6-16/h1-8,14,19-20H,9-13H2. The minimum atomic E-state index is -0.814. The first-order valence-corrected chi connectivity index (χ1v) is 9.41. The Kier molecular flexibility index (Phi) is 3.28. The van der Waals surface area contributed by atoms with Crippen molar-refractivity contribution in [2.75, 3.05) is 0 Å². The van der Waals surface area contributed by atoms with Gasteiger partial charge < -0.3 is 4.74 Å². The number of nitrogens with zero attached hydrogens (tertiary/aromatic N) is 1. The quantitative estimate of drug-likeness (QED) is 0.747. The number of fused-ring (bicyclic) bond motifs is 1. The van der Waals surface area contributed by atoms with Gasteiger partial charge in [-0.1, -0.05) is 54.6 Å². The van der Waals surface area contributed by atoms with Crippen molar-refractivity contribution in [2.45, 2.75) is 38.2 Å². The van der Waals surface area contributed by atoms with Crippen molar-refractivity contribution >= 4 is 5.97 Å².